The second-order valence-corrected chi connectivity index (χ2v) is 9.88. The third-order valence-corrected chi connectivity index (χ3v) is 7.60. The number of benzene rings is 2. The molecular weight excluding hydrogens is 432 g/mol. The lowest BCUT2D eigenvalue weighted by atomic mass is 9.85. The lowest BCUT2D eigenvalue weighted by Gasteiger charge is -2.39. The zero-order valence-corrected chi connectivity index (χ0v) is 20.1. The van der Waals surface area contributed by atoms with Crippen molar-refractivity contribution in [3.05, 3.63) is 71.2 Å². The first-order chi connectivity index (χ1) is 16.0. The first-order valence-corrected chi connectivity index (χ1v) is 12.4. The largest absolute Gasteiger partial charge is 0.504 e. The number of phenols is 1. The molecule has 2 fully saturated rings. The van der Waals surface area contributed by atoms with E-state index in [-0.39, 0.29) is 23.2 Å². The van der Waals surface area contributed by atoms with Crippen molar-refractivity contribution in [3.63, 3.8) is 0 Å². The molecule has 2 N–H and O–H groups in total. The Kier molecular flexibility index (Phi) is 7.33. The molecule has 1 saturated carbocycles. The highest BCUT2D eigenvalue weighted by molar-refractivity contribution is 8.05. The maximum atomic E-state index is 13.7. The number of aromatic hydroxyl groups is 1. The highest BCUT2D eigenvalue weighted by Crippen LogP contribution is 2.43. The number of rotatable bonds is 7. The summed E-state index contributed by atoms with van der Waals surface area (Å²) in [6.45, 7) is 6.04. The maximum absolute atomic E-state index is 13.7. The molecule has 0 spiro atoms. The summed E-state index contributed by atoms with van der Waals surface area (Å²) in [5.74, 6) is 1.04. The molecule has 1 unspecified atom stereocenters. The number of allylic oxidation sites excluding steroid dienone is 1. The van der Waals surface area contributed by atoms with Crippen LogP contribution in [0.3, 0.4) is 0 Å². The molecule has 0 bridgehead atoms. The van der Waals surface area contributed by atoms with Gasteiger partial charge in [0.25, 0.3) is 5.91 Å². The van der Waals surface area contributed by atoms with E-state index >= 15 is 0 Å². The molecule has 174 valence electrons. The van der Waals surface area contributed by atoms with Gasteiger partial charge in [0.1, 0.15) is 0 Å². The molecule has 2 aromatic rings. The average molecular weight is 465 g/mol. The topological polar surface area (TPSA) is 61.8 Å². The highest BCUT2D eigenvalue weighted by atomic mass is 32.2. The van der Waals surface area contributed by atoms with Crippen LogP contribution < -0.4 is 10.1 Å². The second-order valence-electron chi connectivity index (χ2n) is 8.75. The number of hydrogen-bond acceptors (Lipinski definition) is 5. The lowest BCUT2D eigenvalue weighted by molar-refractivity contribution is -0.129. The van der Waals surface area contributed by atoms with Crippen LogP contribution in [0.2, 0.25) is 0 Å². The van der Waals surface area contributed by atoms with E-state index in [4.69, 9.17) is 4.74 Å². The second kappa shape index (κ2) is 10.4. The Morgan fingerprint density at radius 2 is 2.00 bits per heavy atom. The van der Waals surface area contributed by atoms with Crippen LogP contribution in [0, 0.1) is 5.92 Å². The first-order valence-electron chi connectivity index (χ1n) is 11.5. The van der Waals surface area contributed by atoms with Crippen molar-refractivity contribution in [2.24, 2.45) is 5.92 Å². The molecule has 3 atom stereocenters. The number of phenolic OH excluding ortho intramolecular Hbond substituents is 1. The number of carbonyl (C=O) groups is 1. The van der Waals surface area contributed by atoms with E-state index in [1.807, 2.05) is 42.5 Å². The zero-order valence-electron chi connectivity index (χ0n) is 19.3. The normalized spacial score (nSPS) is 24.2. The molecule has 6 heteroatoms. The monoisotopic (exact) mass is 464 g/mol. The minimum absolute atomic E-state index is 0.0597. The fraction of sp³-hybridized carbons (Fsp3) is 0.370. The molecule has 2 aromatic carbocycles. The van der Waals surface area contributed by atoms with Gasteiger partial charge in [-0.05, 0) is 61.1 Å². The number of amides is 1. The Bertz CT molecular complexity index is 1040. The van der Waals surface area contributed by atoms with Crippen LogP contribution in [-0.4, -0.2) is 34.6 Å². The van der Waals surface area contributed by atoms with Gasteiger partial charge in [-0.3, -0.25) is 4.79 Å². The van der Waals surface area contributed by atoms with E-state index in [0.29, 0.717) is 23.0 Å². The van der Waals surface area contributed by atoms with E-state index in [9.17, 15) is 9.90 Å². The van der Waals surface area contributed by atoms with Crippen LogP contribution in [0.5, 0.6) is 11.5 Å². The number of nitrogens with zero attached hydrogens (tertiary/aromatic N) is 1. The number of carbonyl (C=O) groups excluding carboxylic acids is 1. The van der Waals surface area contributed by atoms with Crippen LogP contribution >= 0.6 is 11.8 Å². The summed E-state index contributed by atoms with van der Waals surface area (Å²) in [6.07, 6.45) is 8.73. The van der Waals surface area contributed by atoms with Gasteiger partial charge < -0.3 is 20.1 Å². The summed E-state index contributed by atoms with van der Waals surface area (Å²) in [5, 5.41) is 14.0. The summed E-state index contributed by atoms with van der Waals surface area (Å²) in [6, 6.07) is 13.9. The predicted molar refractivity (Wildman–Crippen MR) is 136 cm³/mol. The van der Waals surface area contributed by atoms with E-state index < -0.39 is 0 Å². The molecule has 2 aliphatic rings. The van der Waals surface area contributed by atoms with Gasteiger partial charge in [-0.25, -0.2) is 0 Å². The van der Waals surface area contributed by atoms with Crippen LogP contribution in [-0.2, 0) is 11.2 Å². The maximum Gasteiger partial charge on any atom is 0.262 e. The van der Waals surface area contributed by atoms with Crippen LogP contribution in [0.15, 0.2) is 60.0 Å². The molecule has 1 aliphatic carbocycles. The SMILES string of the molecule is C=CCc1cc(/C=C2\SC(Nc3ccccc3)N([C@H]3CCCC[C@@H]3C)C2=O)cc(OC)c1O. The summed E-state index contributed by atoms with van der Waals surface area (Å²) in [5.41, 5.74) is 2.39. The summed E-state index contributed by atoms with van der Waals surface area (Å²) in [7, 11) is 1.53. The molecule has 4 rings (SSSR count). The molecule has 1 amide bonds. The summed E-state index contributed by atoms with van der Waals surface area (Å²) >= 11 is 1.55. The van der Waals surface area contributed by atoms with E-state index in [1.54, 1.807) is 23.9 Å². The number of nitrogens with one attached hydrogen (secondary N) is 1. The van der Waals surface area contributed by atoms with Gasteiger partial charge in [-0.1, -0.05) is 55.8 Å². The van der Waals surface area contributed by atoms with Gasteiger partial charge in [0.15, 0.2) is 17.0 Å². The van der Waals surface area contributed by atoms with E-state index in [0.717, 1.165) is 36.1 Å². The van der Waals surface area contributed by atoms with Crippen molar-refractivity contribution in [1.82, 2.24) is 4.90 Å². The standard InChI is InChI=1S/C27H32N2O3S/c1-4-10-20-15-19(16-23(32-3)25(20)30)17-24-26(31)29(22-14-9-8-11-18(22)2)27(33-24)28-21-12-6-5-7-13-21/h4-7,12-13,15-18,22,27-28,30H,1,8-11,14H2,2-3H3/b24-17-/t18-,22-,27?/m0/s1. The minimum atomic E-state index is -0.164. The molecule has 0 aromatic heterocycles. The van der Waals surface area contributed by atoms with E-state index in [2.05, 4.69) is 23.7 Å². The van der Waals surface area contributed by atoms with Gasteiger partial charge in [-0.15, -0.1) is 6.58 Å². The first kappa shape index (κ1) is 23.3. The van der Waals surface area contributed by atoms with Crippen molar-refractivity contribution in [1.29, 1.82) is 0 Å². The Morgan fingerprint density at radius 1 is 1.24 bits per heavy atom. The van der Waals surface area contributed by atoms with Crippen LogP contribution in [0.1, 0.15) is 43.7 Å². The van der Waals surface area contributed by atoms with E-state index in [1.165, 1.54) is 13.5 Å². The zero-order chi connectivity index (χ0) is 23.4. The molecule has 1 heterocycles. The lowest BCUT2D eigenvalue weighted by Crippen LogP contribution is -2.48. The molecular formula is C27H32N2O3S. The van der Waals surface area contributed by atoms with Crippen LogP contribution in [0.4, 0.5) is 5.69 Å². The number of para-hydroxylation sites is 1. The number of ether oxygens (including phenoxy) is 1. The van der Waals surface area contributed by atoms with Crippen molar-refractivity contribution in [2.75, 3.05) is 12.4 Å². The Balaban J connectivity index is 1.69. The molecule has 33 heavy (non-hydrogen) atoms. The van der Waals surface area contributed by atoms with Crippen molar-refractivity contribution in [3.8, 4) is 11.5 Å². The van der Waals surface area contributed by atoms with Gasteiger partial charge in [-0.2, -0.15) is 0 Å². The number of thioether (sulfide) groups is 1. The van der Waals surface area contributed by atoms with Crippen molar-refractivity contribution >= 4 is 29.4 Å². The minimum Gasteiger partial charge on any atom is -0.504 e. The van der Waals surface area contributed by atoms with Gasteiger partial charge in [0.05, 0.1) is 12.0 Å². The number of hydrogen-bond donors (Lipinski definition) is 2. The smallest absolute Gasteiger partial charge is 0.262 e. The van der Waals surface area contributed by atoms with Crippen molar-refractivity contribution in [2.45, 2.75) is 50.6 Å². The third-order valence-electron chi connectivity index (χ3n) is 6.48. The quantitative estimate of drug-likeness (QED) is 0.388. The summed E-state index contributed by atoms with van der Waals surface area (Å²) in [4.78, 5) is 16.4. The Morgan fingerprint density at radius 3 is 2.70 bits per heavy atom. The molecule has 5 nitrogen and oxygen atoms in total. The van der Waals surface area contributed by atoms with Gasteiger partial charge in [0, 0.05) is 17.3 Å². The molecule has 1 saturated heterocycles. The molecule has 1 aliphatic heterocycles. The molecule has 0 radical (unpaired) electrons. The van der Waals surface area contributed by atoms with Gasteiger partial charge in [0.2, 0.25) is 0 Å². The summed E-state index contributed by atoms with van der Waals surface area (Å²) < 4.78 is 5.37. The number of methoxy groups -OCH3 is 1. The Hall–Kier alpha value is -2.86. The fourth-order valence-corrected chi connectivity index (χ4v) is 5.97. The highest BCUT2D eigenvalue weighted by Gasteiger charge is 2.42. The Labute approximate surface area is 200 Å². The van der Waals surface area contributed by atoms with Gasteiger partial charge >= 0.3 is 0 Å². The predicted octanol–water partition coefficient (Wildman–Crippen LogP) is 6.02. The fourth-order valence-electron chi connectivity index (χ4n) is 4.76. The van der Waals surface area contributed by atoms with Crippen LogP contribution in [0.25, 0.3) is 6.08 Å². The number of anilines is 1. The third kappa shape index (κ3) is 5.06. The van der Waals surface area contributed by atoms with Crippen molar-refractivity contribution < 1.29 is 14.6 Å². The average Bonchev–Trinajstić information content (AvgIpc) is 3.11.